The van der Waals surface area contributed by atoms with Crippen molar-refractivity contribution in [1.82, 2.24) is 9.55 Å². The van der Waals surface area contributed by atoms with Gasteiger partial charge >= 0.3 is 5.69 Å². The smallest absolute Gasteiger partial charge is 0.330 e. The van der Waals surface area contributed by atoms with Crippen LogP contribution in [0.25, 0.3) is 0 Å². The van der Waals surface area contributed by atoms with E-state index in [0.717, 1.165) is 4.57 Å². The number of aliphatic hydroxyl groups is 3. The van der Waals surface area contributed by atoms with Crippen LogP contribution in [-0.4, -0.2) is 50.3 Å². The Bertz CT molecular complexity index is 565. The van der Waals surface area contributed by atoms with Crippen LogP contribution in [0.1, 0.15) is 11.8 Å². The van der Waals surface area contributed by atoms with Gasteiger partial charge in [0.1, 0.15) is 6.10 Å². The maximum atomic E-state index is 11.7. The number of nitrogens with zero attached hydrogens (tertiary/aromatic N) is 1. The molecule has 8 nitrogen and oxygen atoms in total. The molecule has 1 aromatic heterocycles. The highest BCUT2D eigenvalue weighted by atomic mass is 16.5. The minimum atomic E-state index is -1.15. The fourth-order valence-electron chi connectivity index (χ4n) is 2.20. The van der Waals surface area contributed by atoms with Gasteiger partial charge in [-0.1, -0.05) is 0 Å². The molecule has 4 atom stereocenters. The molecule has 106 valence electrons. The first kappa shape index (κ1) is 13.9. The minimum Gasteiger partial charge on any atom is -0.396 e. The van der Waals surface area contributed by atoms with Gasteiger partial charge in [0, 0.05) is 17.7 Å². The Labute approximate surface area is 107 Å². The van der Waals surface area contributed by atoms with Crippen LogP contribution in [-0.2, 0) is 4.74 Å². The van der Waals surface area contributed by atoms with Gasteiger partial charge < -0.3 is 20.1 Å². The van der Waals surface area contributed by atoms with E-state index in [-0.39, 0.29) is 13.2 Å². The van der Waals surface area contributed by atoms with Gasteiger partial charge in [0.15, 0.2) is 6.23 Å². The first-order valence-electron chi connectivity index (χ1n) is 5.87. The lowest BCUT2D eigenvalue weighted by Gasteiger charge is -2.18. The summed E-state index contributed by atoms with van der Waals surface area (Å²) in [5.41, 5.74) is -0.926. The fraction of sp³-hybridized carbons (Fsp3) is 0.636. The van der Waals surface area contributed by atoms with Crippen LogP contribution in [0.15, 0.2) is 15.8 Å². The summed E-state index contributed by atoms with van der Waals surface area (Å²) >= 11 is 0. The summed E-state index contributed by atoms with van der Waals surface area (Å²) in [5, 5.41) is 28.3. The molecule has 4 N–H and O–H groups in total. The summed E-state index contributed by atoms with van der Waals surface area (Å²) in [6, 6.07) is 0. The van der Waals surface area contributed by atoms with E-state index >= 15 is 0 Å². The molecule has 1 aliphatic heterocycles. The summed E-state index contributed by atoms with van der Waals surface area (Å²) in [4.78, 5) is 25.1. The average Bonchev–Trinajstić information content (AvgIpc) is 2.70. The van der Waals surface area contributed by atoms with Gasteiger partial charge in [0.2, 0.25) is 0 Å². The molecular formula is C11H16N2O6. The van der Waals surface area contributed by atoms with Gasteiger partial charge in [-0.15, -0.1) is 0 Å². The number of aryl methyl sites for hydroxylation is 1. The molecule has 0 bridgehead atoms. The lowest BCUT2D eigenvalue weighted by Crippen LogP contribution is -2.37. The summed E-state index contributed by atoms with van der Waals surface area (Å²) in [6.45, 7) is 0.763. The molecular weight excluding hydrogens is 256 g/mol. The van der Waals surface area contributed by atoms with Gasteiger partial charge in [-0.2, -0.15) is 0 Å². The molecule has 0 aliphatic carbocycles. The van der Waals surface area contributed by atoms with Crippen molar-refractivity contribution in [3.05, 3.63) is 32.6 Å². The lowest BCUT2D eigenvalue weighted by atomic mass is 9.99. The molecule has 1 aromatic rings. The highest BCUT2D eigenvalue weighted by Crippen LogP contribution is 2.32. The first-order chi connectivity index (χ1) is 8.99. The predicted octanol–water partition coefficient (Wildman–Crippen LogP) is -2.30. The van der Waals surface area contributed by atoms with Gasteiger partial charge in [-0.25, -0.2) is 4.79 Å². The van der Waals surface area contributed by atoms with E-state index in [9.17, 15) is 19.8 Å². The van der Waals surface area contributed by atoms with Crippen LogP contribution in [0, 0.1) is 12.8 Å². The van der Waals surface area contributed by atoms with Gasteiger partial charge in [-0.05, 0) is 6.92 Å². The average molecular weight is 272 g/mol. The van der Waals surface area contributed by atoms with Crippen LogP contribution < -0.4 is 11.2 Å². The largest absolute Gasteiger partial charge is 0.396 e. The van der Waals surface area contributed by atoms with Crippen LogP contribution in [0.2, 0.25) is 0 Å². The van der Waals surface area contributed by atoms with E-state index in [1.807, 2.05) is 0 Å². The maximum absolute atomic E-state index is 11.7. The molecule has 2 heterocycles. The van der Waals surface area contributed by atoms with E-state index < -0.39 is 35.6 Å². The molecule has 1 aliphatic rings. The van der Waals surface area contributed by atoms with Crippen molar-refractivity contribution in [2.24, 2.45) is 5.92 Å². The van der Waals surface area contributed by atoms with Crippen molar-refractivity contribution in [3.8, 4) is 0 Å². The van der Waals surface area contributed by atoms with Gasteiger partial charge in [0.25, 0.3) is 5.56 Å². The Morgan fingerprint density at radius 2 is 2.05 bits per heavy atom. The monoisotopic (exact) mass is 272 g/mol. The van der Waals surface area contributed by atoms with Crippen molar-refractivity contribution in [1.29, 1.82) is 0 Å². The zero-order chi connectivity index (χ0) is 14.2. The number of rotatable bonds is 3. The van der Waals surface area contributed by atoms with E-state index in [1.165, 1.54) is 13.1 Å². The predicted molar refractivity (Wildman–Crippen MR) is 63.6 cm³/mol. The molecule has 0 saturated carbocycles. The number of aromatic nitrogens is 2. The molecule has 0 radical (unpaired) electrons. The Morgan fingerprint density at radius 1 is 1.37 bits per heavy atom. The van der Waals surface area contributed by atoms with Crippen molar-refractivity contribution >= 4 is 0 Å². The molecule has 1 saturated heterocycles. The van der Waals surface area contributed by atoms with E-state index in [4.69, 9.17) is 9.84 Å². The third kappa shape index (κ3) is 2.35. The van der Waals surface area contributed by atoms with Crippen LogP contribution in [0.5, 0.6) is 0 Å². The summed E-state index contributed by atoms with van der Waals surface area (Å²) in [6.07, 6.45) is -1.67. The summed E-state index contributed by atoms with van der Waals surface area (Å²) in [7, 11) is 0. The van der Waals surface area contributed by atoms with Crippen molar-refractivity contribution in [3.63, 3.8) is 0 Å². The highest BCUT2D eigenvalue weighted by molar-refractivity contribution is 5.03. The third-order valence-electron chi connectivity index (χ3n) is 3.33. The molecule has 2 rings (SSSR count). The van der Waals surface area contributed by atoms with E-state index in [0.29, 0.717) is 5.56 Å². The number of aliphatic hydroxyl groups excluding tert-OH is 3. The van der Waals surface area contributed by atoms with Crippen LogP contribution in [0.3, 0.4) is 0 Å². The molecule has 0 aromatic carbocycles. The Morgan fingerprint density at radius 3 is 2.58 bits per heavy atom. The van der Waals surface area contributed by atoms with E-state index in [1.54, 1.807) is 0 Å². The quantitative estimate of drug-likeness (QED) is 0.490. The molecule has 1 fully saturated rings. The third-order valence-corrected chi connectivity index (χ3v) is 3.33. The van der Waals surface area contributed by atoms with Crippen molar-refractivity contribution < 1.29 is 20.1 Å². The fourth-order valence-corrected chi connectivity index (χ4v) is 2.20. The number of aromatic amines is 1. The number of nitrogens with one attached hydrogen (secondary N) is 1. The molecule has 0 unspecified atom stereocenters. The summed E-state index contributed by atoms with van der Waals surface area (Å²) in [5.74, 6) is -0.686. The Hall–Kier alpha value is -1.48. The van der Waals surface area contributed by atoms with E-state index in [2.05, 4.69) is 4.98 Å². The number of ether oxygens (including phenoxy) is 1. The second-order valence-corrected chi connectivity index (χ2v) is 4.56. The topological polar surface area (TPSA) is 125 Å². The molecule has 0 spiro atoms. The standard InChI is InChI=1S/C11H16N2O6/c1-5-2-13(11(18)12-9(5)17)10-8(16)6(3-14)7(4-15)19-10/h2,6-8,10,14-16H,3-4H2,1H3,(H,12,17,18)/t6-,7+,8-,10+/m0/s1. The lowest BCUT2D eigenvalue weighted by molar-refractivity contribution is -0.0539. The van der Waals surface area contributed by atoms with Crippen molar-refractivity contribution in [2.45, 2.75) is 25.4 Å². The first-order valence-corrected chi connectivity index (χ1v) is 5.87. The second kappa shape index (κ2) is 5.25. The van der Waals surface area contributed by atoms with Crippen molar-refractivity contribution in [2.75, 3.05) is 13.2 Å². The normalized spacial score (nSPS) is 30.7. The van der Waals surface area contributed by atoms with Crippen LogP contribution in [0.4, 0.5) is 0 Å². The highest BCUT2D eigenvalue weighted by Gasteiger charge is 2.44. The van der Waals surface area contributed by atoms with Crippen LogP contribution >= 0.6 is 0 Å². The number of H-pyrrole nitrogens is 1. The molecule has 0 amide bonds. The zero-order valence-corrected chi connectivity index (χ0v) is 10.3. The second-order valence-electron chi connectivity index (χ2n) is 4.56. The number of hydrogen-bond donors (Lipinski definition) is 4. The number of hydrogen-bond acceptors (Lipinski definition) is 6. The summed E-state index contributed by atoms with van der Waals surface area (Å²) < 4.78 is 6.42. The molecule has 19 heavy (non-hydrogen) atoms. The SMILES string of the molecule is Cc1cn([C@@H]2O[C@H](CO)[C@H](CO)[C@@H]2O)c(=O)[nH]c1=O. The molecule has 8 heteroatoms. The zero-order valence-electron chi connectivity index (χ0n) is 10.3. The maximum Gasteiger partial charge on any atom is 0.330 e. The Kier molecular flexibility index (Phi) is 3.85. The Balaban J connectivity index is 2.41. The van der Waals surface area contributed by atoms with Gasteiger partial charge in [0.05, 0.1) is 19.3 Å². The van der Waals surface area contributed by atoms with Gasteiger partial charge in [-0.3, -0.25) is 14.3 Å². The minimum absolute atomic E-state index is 0.295.